The number of carbonyl (C=O) groups is 2. The summed E-state index contributed by atoms with van der Waals surface area (Å²) in [6.07, 6.45) is 0. The van der Waals surface area contributed by atoms with Crippen LogP contribution in [0.2, 0.25) is 0 Å². The van der Waals surface area contributed by atoms with Crippen LogP contribution in [0.1, 0.15) is 21.5 Å². The van der Waals surface area contributed by atoms with Crippen molar-refractivity contribution in [2.24, 2.45) is 0 Å². The summed E-state index contributed by atoms with van der Waals surface area (Å²) in [6, 6.07) is 11.6. The number of hydrogen-bond donors (Lipinski definition) is 2. The van der Waals surface area contributed by atoms with E-state index in [1.165, 1.54) is 16.4 Å². The predicted octanol–water partition coefficient (Wildman–Crippen LogP) is 1.16. The average molecular weight is 448 g/mol. The molecule has 2 N–H and O–H groups in total. The van der Waals surface area contributed by atoms with Crippen LogP contribution in [0.25, 0.3) is 0 Å². The SMILES string of the molecule is Cc1cccc(OCC(=O)NNC(=O)c2cc(S(=O)(=O)N3CCOCC3)ccc2C)c1. The van der Waals surface area contributed by atoms with E-state index >= 15 is 0 Å². The van der Waals surface area contributed by atoms with Crippen LogP contribution in [-0.2, 0) is 19.6 Å². The lowest BCUT2D eigenvalue weighted by atomic mass is 10.1. The number of morpholine rings is 1. The third kappa shape index (κ3) is 5.81. The number of ether oxygens (including phenoxy) is 2. The van der Waals surface area contributed by atoms with Gasteiger partial charge < -0.3 is 9.47 Å². The van der Waals surface area contributed by atoms with E-state index in [9.17, 15) is 18.0 Å². The van der Waals surface area contributed by atoms with Gasteiger partial charge in [0.05, 0.1) is 18.1 Å². The number of carbonyl (C=O) groups excluding carboxylic acids is 2. The first-order valence-corrected chi connectivity index (χ1v) is 11.2. The molecule has 2 aromatic carbocycles. The quantitative estimate of drug-likeness (QED) is 0.643. The number of nitrogens with one attached hydrogen (secondary N) is 2. The fraction of sp³-hybridized carbons (Fsp3) is 0.333. The highest BCUT2D eigenvalue weighted by Crippen LogP contribution is 2.20. The maximum atomic E-state index is 12.8. The molecule has 1 aliphatic heterocycles. The molecule has 31 heavy (non-hydrogen) atoms. The molecule has 1 aliphatic rings. The number of nitrogens with zero attached hydrogens (tertiary/aromatic N) is 1. The maximum Gasteiger partial charge on any atom is 0.276 e. The molecule has 0 aliphatic carbocycles. The molecular weight excluding hydrogens is 422 g/mol. The van der Waals surface area contributed by atoms with Crippen LogP contribution in [-0.4, -0.2) is 57.4 Å². The normalized spacial score (nSPS) is 14.6. The third-order valence-electron chi connectivity index (χ3n) is 4.74. The molecule has 0 spiro atoms. The van der Waals surface area contributed by atoms with Gasteiger partial charge in [0.25, 0.3) is 11.8 Å². The zero-order valence-electron chi connectivity index (χ0n) is 17.4. The van der Waals surface area contributed by atoms with Gasteiger partial charge in [-0.3, -0.25) is 20.4 Å². The second kappa shape index (κ2) is 9.90. The standard InChI is InChI=1S/C21H25N3O6S/c1-15-4-3-5-17(12-15)30-14-20(25)22-23-21(26)19-13-18(7-6-16(19)2)31(27,28)24-8-10-29-11-9-24/h3-7,12-13H,8-11,14H2,1-2H3,(H,22,25)(H,23,26). The second-order valence-corrected chi connectivity index (χ2v) is 9.04. The number of hydrazine groups is 1. The molecule has 2 aromatic rings. The van der Waals surface area contributed by atoms with Crippen molar-refractivity contribution < 1.29 is 27.5 Å². The van der Waals surface area contributed by atoms with Gasteiger partial charge >= 0.3 is 0 Å². The largest absolute Gasteiger partial charge is 0.484 e. The molecule has 0 atom stereocenters. The topological polar surface area (TPSA) is 114 Å². The highest BCUT2D eigenvalue weighted by atomic mass is 32.2. The van der Waals surface area contributed by atoms with Crippen molar-refractivity contribution in [3.8, 4) is 5.75 Å². The van der Waals surface area contributed by atoms with Gasteiger partial charge in [-0.05, 0) is 49.2 Å². The summed E-state index contributed by atoms with van der Waals surface area (Å²) in [5.74, 6) is -0.636. The Morgan fingerprint density at radius 1 is 1.06 bits per heavy atom. The van der Waals surface area contributed by atoms with Crippen molar-refractivity contribution in [3.05, 3.63) is 59.2 Å². The summed E-state index contributed by atoms with van der Waals surface area (Å²) < 4.78 is 37.6. The van der Waals surface area contributed by atoms with E-state index in [-0.39, 0.29) is 30.2 Å². The minimum absolute atomic E-state index is 0.0132. The van der Waals surface area contributed by atoms with Gasteiger partial charge in [-0.15, -0.1) is 0 Å². The summed E-state index contributed by atoms with van der Waals surface area (Å²) in [7, 11) is -3.74. The fourth-order valence-electron chi connectivity index (χ4n) is 3.03. The van der Waals surface area contributed by atoms with E-state index in [2.05, 4.69) is 10.9 Å². The summed E-state index contributed by atoms with van der Waals surface area (Å²) >= 11 is 0. The van der Waals surface area contributed by atoms with Crippen LogP contribution in [0, 0.1) is 13.8 Å². The molecule has 3 rings (SSSR count). The number of rotatable bonds is 6. The molecule has 9 nitrogen and oxygen atoms in total. The van der Waals surface area contributed by atoms with Gasteiger partial charge in [-0.25, -0.2) is 8.42 Å². The lowest BCUT2D eigenvalue weighted by molar-refractivity contribution is -0.123. The van der Waals surface area contributed by atoms with Gasteiger partial charge in [-0.1, -0.05) is 18.2 Å². The highest BCUT2D eigenvalue weighted by molar-refractivity contribution is 7.89. The number of amides is 2. The lowest BCUT2D eigenvalue weighted by Gasteiger charge is -2.26. The maximum absolute atomic E-state index is 12.8. The summed E-state index contributed by atoms with van der Waals surface area (Å²) in [5.41, 5.74) is 6.29. The first-order chi connectivity index (χ1) is 14.8. The predicted molar refractivity (Wildman–Crippen MR) is 113 cm³/mol. The smallest absolute Gasteiger partial charge is 0.276 e. The van der Waals surface area contributed by atoms with Gasteiger partial charge in [0.1, 0.15) is 5.75 Å². The Bertz CT molecular complexity index is 1060. The van der Waals surface area contributed by atoms with Crippen molar-refractivity contribution >= 4 is 21.8 Å². The minimum Gasteiger partial charge on any atom is -0.484 e. The molecule has 166 valence electrons. The van der Waals surface area contributed by atoms with Crippen molar-refractivity contribution in [2.45, 2.75) is 18.7 Å². The van der Waals surface area contributed by atoms with E-state index in [1.807, 2.05) is 19.1 Å². The molecule has 2 amide bonds. The highest BCUT2D eigenvalue weighted by Gasteiger charge is 2.27. The zero-order chi connectivity index (χ0) is 22.4. The van der Waals surface area contributed by atoms with Crippen LogP contribution < -0.4 is 15.6 Å². The van der Waals surface area contributed by atoms with Crippen molar-refractivity contribution in [3.63, 3.8) is 0 Å². The van der Waals surface area contributed by atoms with Crippen LogP contribution in [0.15, 0.2) is 47.4 Å². The van der Waals surface area contributed by atoms with Crippen LogP contribution >= 0.6 is 0 Å². The molecule has 0 saturated carbocycles. The number of benzene rings is 2. The van der Waals surface area contributed by atoms with Gasteiger partial charge in [0.2, 0.25) is 10.0 Å². The van der Waals surface area contributed by atoms with Crippen LogP contribution in [0.5, 0.6) is 5.75 Å². The van der Waals surface area contributed by atoms with E-state index in [0.717, 1.165) is 5.56 Å². The van der Waals surface area contributed by atoms with Crippen LogP contribution in [0.3, 0.4) is 0 Å². The summed E-state index contributed by atoms with van der Waals surface area (Å²) in [6.45, 7) is 4.48. The van der Waals surface area contributed by atoms with Crippen molar-refractivity contribution in [2.75, 3.05) is 32.9 Å². The van der Waals surface area contributed by atoms with Crippen molar-refractivity contribution in [1.82, 2.24) is 15.2 Å². The third-order valence-corrected chi connectivity index (χ3v) is 6.63. The van der Waals surface area contributed by atoms with E-state index in [4.69, 9.17) is 9.47 Å². The molecular formula is C21H25N3O6S. The molecule has 0 aromatic heterocycles. The molecule has 10 heteroatoms. The van der Waals surface area contributed by atoms with E-state index in [0.29, 0.717) is 24.5 Å². The number of aryl methyl sites for hydroxylation is 2. The number of sulfonamides is 1. The second-order valence-electron chi connectivity index (χ2n) is 7.10. The molecule has 0 radical (unpaired) electrons. The summed E-state index contributed by atoms with van der Waals surface area (Å²) in [4.78, 5) is 24.6. The Kier molecular flexibility index (Phi) is 7.26. The van der Waals surface area contributed by atoms with Crippen molar-refractivity contribution in [1.29, 1.82) is 0 Å². The average Bonchev–Trinajstić information content (AvgIpc) is 2.77. The Labute approximate surface area is 181 Å². The first-order valence-electron chi connectivity index (χ1n) is 9.74. The Morgan fingerprint density at radius 3 is 2.52 bits per heavy atom. The molecule has 1 saturated heterocycles. The van der Waals surface area contributed by atoms with Gasteiger partial charge in [0.15, 0.2) is 6.61 Å². The lowest BCUT2D eigenvalue weighted by Crippen LogP contribution is -2.44. The zero-order valence-corrected chi connectivity index (χ0v) is 18.2. The minimum atomic E-state index is -3.74. The van der Waals surface area contributed by atoms with Gasteiger partial charge in [-0.2, -0.15) is 4.31 Å². The van der Waals surface area contributed by atoms with Gasteiger partial charge in [0, 0.05) is 18.7 Å². The van der Waals surface area contributed by atoms with E-state index in [1.54, 1.807) is 25.1 Å². The number of hydrogen-bond acceptors (Lipinski definition) is 6. The Hall–Kier alpha value is -2.95. The molecule has 0 bridgehead atoms. The van der Waals surface area contributed by atoms with Crippen LogP contribution in [0.4, 0.5) is 0 Å². The summed E-state index contributed by atoms with van der Waals surface area (Å²) in [5, 5.41) is 0. The van der Waals surface area contributed by atoms with E-state index < -0.39 is 21.8 Å². The fourth-order valence-corrected chi connectivity index (χ4v) is 4.46. The molecule has 1 fully saturated rings. The Morgan fingerprint density at radius 2 is 1.81 bits per heavy atom. The first kappa shape index (κ1) is 22.7. The molecule has 0 unspecified atom stereocenters. The Balaban J connectivity index is 1.62. The molecule has 1 heterocycles. The monoisotopic (exact) mass is 447 g/mol.